The van der Waals surface area contributed by atoms with E-state index < -0.39 is 29.3 Å². The molecule has 0 aliphatic heterocycles. The van der Waals surface area contributed by atoms with Gasteiger partial charge in [-0.3, -0.25) is 0 Å². The first-order valence-electron chi connectivity index (χ1n) is 7.42. The number of carbonyl (C=O) groups excluding carboxylic acids is 2. The molecule has 0 aromatic heterocycles. The van der Waals surface area contributed by atoms with Gasteiger partial charge in [0.15, 0.2) is 0 Å². The molecule has 0 saturated heterocycles. The lowest BCUT2D eigenvalue weighted by Gasteiger charge is -2.33. The molecular weight excluding hydrogens is 314 g/mol. The van der Waals surface area contributed by atoms with Crippen LogP contribution >= 0.6 is 0 Å². The van der Waals surface area contributed by atoms with Gasteiger partial charge in [-0.05, 0) is 40.2 Å². The largest absolute Gasteiger partial charge is 0.480 e. The standard InChI is InChI=1S/C17H23NO6/c1-16(2,3)24-15(22)18(17(4,5)13(19)20)14(21)23-11-12-9-7-6-8-10-12/h6-10H,11H2,1-5H3,(H,19,20). The number of aliphatic carboxylic acids is 1. The van der Waals surface area contributed by atoms with Gasteiger partial charge in [0.2, 0.25) is 0 Å². The van der Waals surface area contributed by atoms with Crippen LogP contribution in [-0.2, 0) is 20.9 Å². The molecule has 1 rings (SSSR count). The molecule has 132 valence electrons. The van der Waals surface area contributed by atoms with E-state index in [9.17, 15) is 19.5 Å². The fourth-order valence-electron chi connectivity index (χ4n) is 1.72. The second-order valence-corrected chi connectivity index (χ2v) is 6.72. The molecule has 0 bridgehead atoms. The number of ether oxygens (including phenoxy) is 2. The quantitative estimate of drug-likeness (QED) is 0.905. The molecule has 7 nitrogen and oxygen atoms in total. The Morgan fingerprint density at radius 2 is 1.54 bits per heavy atom. The molecular formula is C17H23NO6. The topological polar surface area (TPSA) is 93.1 Å². The number of carbonyl (C=O) groups is 3. The number of imide groups is 1. The first-order valence-corrected chi connectivity index (χ1v) is 7.42. The van der Waals surface area contributed by atoms with E-state index in [0.29, 0.717) is 10.5 Å². The van der Waals surface area contributed by atoms with E-state index in [2.05, 4.69) is 0 Å². The molecule has 7 heteroatoms. The first kappa shape index (κ1) is 19.5. The van der Waals surface area contributed by atoms with Gasteiger partial charge < -0.3 is 14.6 Å². The van der Waals surface area contributed by atoms with Crippen molar-refractivity contribution in [1.82, 2.24) is 4.90 Å². The van der Waals surface area contributed by atoms with Crippen molar-refractivity contribution in [2.24, 2.45) is 0 Å². The summed E-state index contributed by atoms with van der Waals surface area (Å²) < 4.78 is 10.2. The number of carboxylic acid groups (broad SMARTS) is 1. The average Bonchev–Trinajstić information content (AvgIpc) is 2.44. The summed E-state index contributed by atoms with van der Waals surface area (Å²) in [5.74, 6) is -1.36. The molecule has 0 aliphatic carbocycles. The summed E-state index contributed by atoms with van der Waals surface area (Å²) in [6, 6.07) is 8.85. The van der Waals surface area contributed by atoms with Crippen LogP contribution in [0.15, 0.2) is 30.3 Å². The van der Waals surface area contributed by atoms with Gasteiger partial charge in [-0.25, -0.2) is 14.4 Å². The van der Waals surface area contributed by atoms with E-state index in [-0.39, 0.29) is 6.61 Å². The van der Waals surface area contributed by atoms with Crippen molar-refractivity contribution >= 4 is 18.2 Å². The predicted molar refractivity (Wildman–Crippen MR) is 86.4 cm³/mol. The maximum absolute atomic E-state index is 12.3. The highest BCUT2D eigenvalue weighted by molar-refractivity contribution is 5.95. The van der Waals surface area contributed by atoms with Gasteiger partial charge in [-0.2, -0.15) is 4.90 Å². The van der Waals surface area contributed by atoms with Crippen LogP contribution in [0.3, 0.4) is 0 Å². The highest BCUT2D eigenvalue weighted by atomic mass is 16.6. The van der Waals surface area contributed by atoms with E-state index in [1.807, 2.05) is 6.07 Å². The van der Waals surface area contributed by atoms with Crippen LogP contribution in [0.1, 0.15) is 40.2 Å². The fraction of sp³-hybridized carbons (Fsp3) is 0.471. The lowest BCUT2D eigenvalue weighted by Crippen LogP contribution is -2.57. The zero-order valence-electron chi connectivity index (χ0n) is 14.5. The maximum Gasteiger partial charge on any atom is 0.420 e. The van der Waals surface area contributed by atoms with E-state index in [4.69, 9.17) is 9.47 Å². The van der Waals surface area contributed by atoms with Crippen LogP contribution in [0.5, 0.6) is 0 Å². The molecule has 1 aromatic rings. The zero-order chi connectivity index (χ0) is 18.5. The van der Waals surface area contributed by atoms with Gasteiger partial charge in [0.05, 0.1) is 0 Å². The minimum absolute atomic E-state index is 0.0886. The Balaban J connectivity index is 2.97. The average molecular weight is 337 g/mol. The van der Waals surface area contributed by atoms with Gasteiger partial charge in [-0.1, -0.05) is 30.3 Å². The molecule has 2 amide bonds. The van der Waals surface area contributed by atoms with Gasteiger partial charge in [0, 0.05) is 0 Å². The third-order valence-electron chi connectivity index (χ3n) is 3.05. The lowest BCUT2D eigenvalue weighted by atomic mass is 10.0. The second kappa shape index (κ2) is 7.33. The van der Waals surface area contributed by atoms with Crippen molar-refractivity contribution < 1.29 is 29.0 Å². The molecule has 0 radical (unpaired) electrons. The molecule has 1 aromatic carbocycles. The van der Waals surface area contributed by atoms with Gasteiger partial charge in [0.1, 0.15) is 17.7 Å². The van der Waals surface area contributed by atoms with Crippen LogP contribution in [0, 0.1) is 0 Å². The molecule has 0 aliphatic rings. The van der Waals surface area contributed by atoms with Crippen molar-refractivity contribution in [2.75, 3.05) is 0 Å². The van der Waals surface area contributed by atoms with E-state index in [1.165, 1.54) is 13.8 Å². The number of nitrogens with zero attached hydrogens (tertiary/aromatic N) is 1. The van der Waals surface area contributed by atoms with Crippen LogP contribution in [0.25, 0.3) is 0 Å². The van der Waals surface area contributed by atoms with E-state index >= 15 is 0 Å². The van der Waals surface area contributed by atoms with Gasteiger partial charge >= 0.3 is 18.2 Å². The highest BCUT2D eigenvalue weighted by Crippen LogP contribution is 2.21. The zero-order valence-corrected chi connectivity index (χ0v) is 14.5. The maximum atomic E-state index is 12.3. The van der Waals surface area contributed by atoms with Crippen LogP contribution < -0.4 is 0 Å². The van der Waals surface area contributed by atoms with Crippen molar-refractivity contribution in [3.8, 4) is 0 Å². The Bertz CT molecular complexity index is 603. The molecule has 0 heterocycles. The molecule has 0 spiro atoms. The van der Waals surface area contributed by atoms with Crippen LogP contribution in [0.4, 0.5) is 9.59 Å². The molecule has 0 unspecified atom stereocenters. The number of amides is 2. The Morgan fingerprint density at radius 3 is 2.00 bits per heavy atom. The minimum Gasteiger partial charge on any atom is -0.480 e. The molecule has 24 heavy (non-hydrogen) atoms. The van der Waals surface area contributed by atoms with Crippen LogP contribution in [-0.4, -0.2) is 39.3 Å². The van der Waals surface area contributed by atoms with Crippen LogP contribution in [0.2, 0.25) is 0 Å². The van der Waals surface area contributed by atoms with Gasteiger partial charge in [0.25, 0.3) is 0 Å². The number of rotatable bonds is 4. The Hall–Kier alpha value is -2.57. The Morgan fingerprint density at radius 1 is 1.00 bits per heavy atom. The predicted octanol–water partition coefficient (Wildman–Crippen LogP) is 3.42. The van der Waals surface area contributed by atoms with Crippen molar-refractivity contribution in [2.45, 2.75) is 52.4 Å². The van der Waals surface area contributed by atoms with Gasteiger partial charge in [-0.15, -0.1) is 0 Å². The monoisotopic (exact) mass is 337 g/mol. The lowest BCUT2D eigenvalue weighted by molar-refractivity contribution is -0.148. The normalized spacial score (nSPS) is 11.5. The molecule has 0 fully saturated rings. The highest BCUT2D eigenvalue weighted by Gasteiger charge is 2.45. The van der Waals surface area contributed by atoms with Crippen molar-refractivity contribution in [3.63, 3.8) is 0 Å². The van der Waals surface area contributed by atoms with Crippen molar-refractivity contribution in [3.05, 3.63) is 35.9 Å². The summed E-state index contributed by atoms with van der Waals surface area (Å²) in [6.45, 7) is 7.21. The molecule has 0 saturated carbocycles. The summed E-state index contributed by atoms with van der Waals surface area (Å²) in [4.78, 5) is 36.6. The SMILES string of the molecule is CC(C)(C)OC(=O)N(C(=O)OCc1ccccc1)C(C)(C)C(=O)O. The summed E-state index contributed by atoms with van der Waals surface area (Å²) >= 11 is 0. The van der Waals surface area contributed by atoms with Crippen molar-refractivity contribution in [1.29, 1.82) is 0 Å². The summed E-state index contributed by atoms with van der Waals surface area (Å²) in [6.07, 6.45) is -2.16. The first-order chi connectivity index (χ1) is 10.9. The number of carboxylic acids is 1. The van der Waals surface area contributed by atoms with E-state index in [0.717, 1.165) is 0 Å². The third kappa shape index (κ3) is 5.26. The third-order valence-corrected chi connectivity index (χ3v) is 3.05. The Labute approximate surface area is 141 Å². The summed E-state index contributed by atoms with van der Waals surface area (Å²) in [5.41, 5.74) is -2.00. The van der Waals surface area contributed by atoms with E-state index in [1.54, 1.807) is 45.0 Å². The summed E-state index contributed by atoms with van der Waals surface area (Å²) in [7, 11) is 0. The fourth-order valence-corrected chi connectivity index (χ4v) is 1.72. The molecule has 1 N–H and O–H groups in total. The number of hydrogen-bond acceptors (Lipinski definition) is 5. The molecule has 0 atom stereocenters. The second-order valence-electron chi connectivity index (χ2n) is 6.72. The number of benzene rings is 1. The smallest absolute Gasteiger partial charge is 0.420 e. The Kier molecular flexibility index (Phi) is 5.95. The summed E-state index contributed by atoms with van der Waals surface area (Å²) in [5, 5.41) is 9.34. The number of hydrogen-bond donors (Lipinski definition) is 1. The minimum atomic E-state index is -1.82.